The van der Waals surface area contributed by atoms with Gasteiger partial charge in [-0.1, -0.05) is 419 Å². The van der Waals surface area contributed by atoms with Crippen LogP contribution in [0.1, 0.15) is 0 Å². The Morgan fingerprint density at radius 2 is 0.486 bits per heavy atom. The third-order valence-electron chi connectivity index (χ3n) is 28.3. The average Bonchev–Trinajstić information content (AvgIpc) is 1.41. The first-order valence-electron chi connectivity index (χ1n) is 49.0. The largest absolute Gasteiger partial charge is 0.456 e. The van der Waals surface area contributed by atoms with Crippen LogP contribution >= 0.6 is 11.3 Å². The summed E-state index contributed by atoms with van der Waals surface area (Å²) < 4.78 is 21.3. The third-order valence-corrected chi connectivity index (χ3v) is 29.5. The van der Waals surface area contributed by atoms with Crippen LogP contribution in [0.15, 0.2) is 499 Å². The average molecular weight is 1880 g/mol. The molecule has 146 heavy (non-hydrogen) atoms. The molecule has 23 aromatic carbocycles. The number of benzene rings is 23. The smallest absolute Gasteiger partial charge is 0.161 e. The number of rotatable bonds is 9. The maximum atomic E-state index is 6.23. The number of hydrogen-bond acceptors (Lipinski definition) is 12. The molecule has 0 radical (unpaired) electrons. The van der Waals surface area contributed by atoms with E-state index in [2.05, 4.69) is 388 Å². The van der Waals surface area contributed by atoms with Crippen LogP contribution in [-0.4, -0.2) is 39.9 Å². The van der Waals surface area contributed by atoms with Gasteiger partial charge in [0.1, 0.15) is 33.5 Å². The summed E-state index contributed by atoms with van der Waals surface area (Å²) in [5, 5.41) is 27.5. The second-order valence-corrected chi connectivity index (χ2v) is 37.8. The van der Waals surface area contributed by atoms with Crippen LogP contribution in [0.25, 0.3) is 296 Å². The summed E-state index contributed by atoms with van der Waals surface area (Å²) in [6, 6.07) is 168. The van der Waals surface area contributed by atoms with Crippen LogP contribution in [0.3, 0.4) is 0 Å². The van der Waals surface area contributed by atoms with Crippen LogP contribution in [0, 0.1) is 0 Å². The molecule has 0 saturated carbocycles. The fraction of sp³-hybridized carbons (Fsp3) is 0. The van der Waals surface area contributed by atoms with Gasteiger partial charge in [0.25, 0.3) is 0 Å². The molecule has 31 rings (SSSR count). The minimum Gasteiger partial charge on any atom is -0.456 e. The molecule has 8 aromatic heterocycles. The maximum Gasteiger partial charge on any atom is 0.161 e. The first kappa shape index (κ1) is 84.7. The maximum absolute atomic E-state index is 6.23. The zero-order chi connectivity index (χ0) is 96.2. The molecule has 11 nitrogen and oxygen atoms in total. The first-order chi connectivity index (χ1) is 72.4. The minimum absolute atomic E-state index is 0.713. The molecule has 0 fully saturated rings. The Labute approximate surface area is 839 Å². The molecule has 12 heteroatoms. The van der Waals surface area contributed by atoms with E-state index in [1.807, 2.05) is 108 Å². The van der Waals surface area contributed by atoms with Crippen LogP contribution < -0.4 is 0 Å². The van der Waals surface area contributed by atoms with Crippen molar-refractivity contribution < 1.29 is 13.3 Å². The van der Waals surface area contributed by atoms with Gasteiger partial charge in [0.05, 0.1) is 44.8 Å². The molecule has 0 saturated heterocycles. The zero-order valence-corrected chi connectivity index (χ0v) is 79.2. The van der Waals surface area contributed by atoms with E-state index >= 15 is 0 Å². The Hall–Kier alpha value is -19.4. The lowest BCUT2D eigenvalue weighted by Gasteiger charge is -2.13. The van der Waals surface area contributed by atoms with Crippen molar-refractivity contribution in [3.05, 3.63) is 485 Å². The van der Waals surface area contributed by atoms with Crippen molar-refractivity contribution in [1.29, 1.82) is 0 Å². The van der Waals surface area contributed by atoms with E-state index in [1.165, 1.54) is 52.8 Å². The van der Waals surface area contributed by atoms with Crippen LogP contribution in [0.5, 0.6) is 0 Å². The molecule has 0 aliphatic heterocycles. The SMILES string of the molecule is c1ccc(-c2nc(-c3ccc(-c4cccc5c4ccc4c6ccccc6sc54)cc3)nc3ccccc23)cc1.c1ccc(-c2nc(-c3cccc4ccc5oc6ccccc6c5c34)nc3c2ccc2ccccc23)cc1.c1ccc(-c2nc(-c3cccc4ccc5oc6ccccc6c5c34)nc3ccc4ccccc4c23)cc1.c1ccc(-c2nc(-c3cccc4ccc5oc6ccccc6c5c34)nc3ccccc23)cc1. The van der Waals surface area contributed by atoms with Gasteiger partial charge in [0.15, 0.2) is 23.3 Å². The van der Waals surface area contributed by atoms with Crippen molar-refractivity contribution in [3.63, 3.8) is 0 Å². The predicted molar refractivity (Wildman–Crippen MR) is 607 cm³/mol. The number of furan rings is 3. The molecule has 0 atom stereocenters. The predicted octanol–water partition coefficient (Wildman–Crippen LogP) is 36.5. The first-order valence-corrected chi connectivity index (χ1v) is 49.8. The summed E-state index contributed by atoms with van der Waals surface area (Å²) in [6.07, 6.45) is 0. The lowest BCUT2D eigenvalue weighted by molar-refractivity contribution is 0.669. The fourth-order valence-electron chi connectivity index (χ4n) is 21.6. The van der Waals surface area contributed by atoms with Crippen molar-refractivity contribution in [2.24, 2.45) is 0 Å². The number of aromatic nitrogens is 8. The van der Waals surface area contributed by atoms with E-state index in [9.17, 15) is 0 Å². The van der Waals surface area contributed by atoms with Gasteiger partial charge in [-0.15, -0.1) is 11.3 Å². The van der Waals surface area contributed by atoms with E-state index in [-0.39, 0.29) is 0 Å². The second-order valence-electron chi connectivity index (χ2n) is 36.8. The lowest BCUT2D eigenvalue weighted by atomic mass is 9.96. The molecule has 0 aliphatic carbocycles. The van der Waals surface area contributed by atoms with Gasteiger partial charge in [0, 0.05) is 145 Å². The highest BCUT2D eigenvalue weighted by molar-refractivity contribution is 7.26. The normalized spacial score (nSPS) is 11.7. The number of fused-ring (bicyclic) bond motifs is 28. The molecule has 0 amide bonds. The highest BCUT2D eigenvalue weighted by Gasteiger charge is 2.26. The standard InChI is InChI=1S/C36H22N2S.2C34H20N2O.C30H18N2O/c1-2-9-24(10-3-1)34-31-12-4-6-15-32(31)37-36(38-34)25-19-17-23(18-20-25)26-13-8-14-29-27(26)21-22-30-28-11-5-7-16-33(28)39-35(29)30;1-2-10-23(11-3-1)32-27-19-17-21-9-4-5-13-24(21)33(27)36-34(35-32)26-15-8-12-22-18-20-29-31(30(22)26)25-14-6-7-16-28(25)37-29;1-2-10-23(11-3-1)33-31-24-13-5-4-9-21(24)17-19-27(31)35-34(36-33)26-15-8-12-22-18-20-29-32(30(22)26)25-14-6-7-16-28(25)37-29;1-2-9-20(10-3-1)29-21-12-4-6-15-24(21)31-30(32-29)23-14-8-11-19-17-18-26-28(27(19)23)22-13-5-7-16-25(22)33-26/h1-22H;2*1-20H;1-18H. The monoisotopic (exact) mass is 1880 g/mol. The van der Waals surface area contributed by atoms with Gasteiger partial charge in [0.2, 0.25) is 0 Å². The zero-order valence-electron chi connectivity index (χ0n) is 78.4. The second kappa shape index (κ2) is 35.4. The molecule has 0 aliphatic rings. The molecule has 0 unspecified atom stereocenters. The lowest BCUT2D eigenvalue weighted by Crippen LogP contribution is -1.97. The van der Waals surface area contributed by atoms with Crippen molar-refractivity contribution in [1.82, 2.24) is 39.9 Å². The molecule has 680 valence electrons. The third kappa shape index (κ3) is 14.6. The van der Waals surface area contributed by atoms with Crippen molar-refractivity contribution in [2.75, 3.05) is 0 Å². The topological polar surface area (TPSA) is 143 Å². The minimum atomic E-state index is 0.713. The molecule has 0 N–H and O–H groups in total. The Morgan fingerprint density at radius 3 is 1.01 bits per heavy atom. The van der Waals surface area contributed by atoms with Crippen molar-refractivity contribution in [2.45, 2.75) is 0 Å². The Kier molecular flexibility index (Phi) is 20.5. The molecular formula is C134H80N8O3S. The number of nitrogens with zero attached hydrogens (tertiary/aromatic N) is 8. The van der Waals surface area contributed by atoms with E-state index in [0.29, 0.717) is 11.6 Å². The number of hydrogen-bond donors (Lipinski definition) is 0. The van der Waals surface area contributed by atoms with Gasteiger partial charge in [-0.2, -0.15) is 0 Å². The Morgan fingerprint density at radius 1 is 0.151 bits per heavy atom. The molecule has 0 spiro atoms. The summed E-state index contributed by atoms with van der Waals surface area (Å²) in [5.74, 6) is 2.89. The molecule has 8 heterocycles. The number of thiophene rings is 1. The van der Waals surface area contributed by atoms with E-state index in [4.69, 9.17) is 53.1 Å². The van der Waals surface area contributed by atoms with Crippen molar-refractivity contribution in [3.8, 4) is 102 Å². The molecular weight excluding hydrogens is 1800 g/mol. The highest BCUT2D eigenvalue weighted by Crippen LogP contribution is 2.48. The highest BCUT2D eigenvalue weighted by atomic mass is 32.1. The summed E-state index contributed by atoms with van der Waals surface area (Å²) in [6.45, 7) is 0. The van der Waals surface area contributed by atoms with Gasteiger partial charge < -0.3 is 13.3 Å². The van der Waals surface area contributed by atoms with E-state index < -0.39 is 0 Å². The molecule has 31 aromatic rings. The Balaban J connectivity index is 0.0000000944. The van der Waals surface area contributed by atoms with Crippen LogP contribution in [-0.2, 0) is 0 Å². The van der Waals surface area contributed by atoms with Crippen LogP contribution in [0.4, 0.5) is 0 Å². The molecule has 0 bridgehead atoms. The number of para-hydroxylation sites is 5. The van der Waals surface area contributed by atoms with Crippen LogP contribution in [0.2, 0.25) is 0 Å². The van der Waals surface area contributed by atoms with Crippen molar-refractivity contribution >= 4 is 206 Å². The summed E-state index contributed by atoms with van der Waals surface area (Å²) in [4.78, 5) is 41.0. The van der Waals surface area contributed by atoms with Gasteiger partial charge in [-0.05, 0) is 116 Å². The fourth-order valence-corrected chi connectivity index (χ4v) is 22.8. The summed E-state index contributed by atoms with van der Waals surface area (Å²) in [5.41, 5.74) is 23.6. The van der Waals surface area contributed by atoms with E-state index in [1.54, 1.807) is 0 Å². The summed E-state index contributed by atoms with van der Waals surface area (Å²) >= 11 is 1.88. The Bertz CT molecular complexity index is 10700. The summed E-state index contributed by atoms with van der Waals surface area (Å²) in [7, 11) is 0. The quantitative estimate of drug-likeness (QED) is 0.127. The van der Waals surface area contributed by atoms with Gasteiger partial charge in [-0.25, -0.2) is 39.9 Å². The van der Waals surface area contributed by atoms with Gasteiger partial charge >= 0.3 is 0 Å². The van der Waals surface area contributed by atoms with Gasteiger partial charge in [-0.3, -0.25) is 0 Å². The van der Waals surface area contributed by atoms with E-state index in [0.717, 1.165) is 231 Å².